The van der Waals surface area contributed by atoms with Crippen molar-refractivity contribution in [3.8, 4) is 0 Å². The Morgan fingerprint density at radius 2 is 1.62 bits per heavy atom. The summed E-state index contributed by atoms with van der Waals surface area (Å²) in [5, 5.41) is 3.70. The van der Waals surface area contributed by atoms with Gasteiger partial charge in [-0.3, -0.25) is 4.79 Å². The zero-order valence-electron chi connectivity index (χ0n) is 21.4. The first kappa shape index (κ1) is 29.8. The SMILES string of the molecule is Cc1nc(C(F)(F)F)nc(N2C[C@H](NC3CCN(C(=O)c4ccc(Cl)cc4)CC3)[C@@H](OC(=O)C(F)(F)F)C2)c1C. The number of piperidine rings is 1. The Labute approximate surface area is 230 Å². The summed E-state index contributed by atoms with van der Waals surface area (Å²) in [6.45, 7) is 3.25. The van der Waals surface area contributed by atoms with Gasteiger partial charge in [0.1, 0.15) is 11.9 Å². The van der Waals surface area contributed by atoms with Crippen LogP contribution in [0.15, 0.2) is 24.3 Å². The molecule has 0 spiro atoms. The molecular weight excluding hydrogens is 568 g/mol. The average Bonchev–Trinajstić information content (AvgIpc) is 3.26. The van der Waals surface area contributed by atoms with Crippen LogP contribution in [0.5, 0.6) is 0 Å². The number of halogens is 7. The molecule has 1 aromatic carbocycles. The minimum atomic E-state index is -5.24. The number of ether oxygens (including phenoxy) is 1. The molecule has 0 aliphatic carbocycles. The zero-order chi connectivity index (χ0) is 29.4. The topological polar surface area (TPSA) is 87.7 Å². The van der Waals surface area contributed by atoms with Crippen molar-refractivity contribution in [2.45, 2.75) is 57.2 Å². The minimum absolute atomic E-state index is 0.0612. The molecule has 3 heterocycles. The summed E-state index contributed by atoms with van der Waals surface area (Å²) in [4.78, 5) is 34.6. The highest BCUT2D eigenvalue weighted by atomic mass is 35.5. The normalized spacial score (nSPS) is 20.6. The number of amides is 1. The molecule has 2 fully saturated rings. The quantitative estimate of drug-likeness (QED) is 0.408. The third-order valence-electron chi connectivity index (χ3n) is 7.00. The molecule has 2 atom stereocenters. The number of carbonyl (C=O) groups excluding carboxylic acids is 2. The lowest BCUT2D eigenvalue weighted by molar-refractivity contribution is -0.204. The number of carbonyl (C=O) groups is 2. The van der Waals surface area contributed by atoms with E-state index in [-0.39, 0.29) is 36.6 Å². The number of aryl methyl sites for hydroxylation is 1. The van der Waals surface area contributed by atoms with Crippen molar-refractivity contribution >= 4 is 29.3 Å². The minimum Gasteiger partial charge on any atom is -0.452 e. The van der Waals surface area contributed by atoms with Crippen LogP contribution in [0.1, 0.15) is 40.3 Å². The summed E-state index contributed by atoms with van der Waals surface area (Å²) in [7, 11) is 0. The van der Waals surface area contributed by atoms with Gasteiger partial charge in [-0.25, -0.2) is 14.8 Å². The molecular formula is C25H26ClF6N5O3. The largest absolute Gasteiger partial charge is 0.490 e. The van der Waals surface area contributed by atoms with E-state index in [0.29, 0.717) is 42.1 Å². The standard InChI is InChI=1S/C25H26ClF6N5O3/c1-13-14(2)33-22(24(27,28)29)35-20(13)37-11-18(19(12-37)40-23(39)25(30,31)32)34-17-7-9-36(10-8-17)21(38)15-3-5-16(26)6-4-15/h3-6,17-19,34H,7-12H2,1-2H3/t18-,19-/m0/s1. The predicted octanol–water partition coefficient (Wildman–Crippen LogP) is 4.32. The monoisotopic (exact) mass is 593 g/mol. The fourth-order valence-corrected chi connectivity index (χ4v) is 4.93. The summed E-state index contributed by atoms with van der Waals surface area (Å²) in [6.07, 6.45) is -10.5. The summed E-state index contributed by atoms with van der Waals surface area (Å²) >= 11 is 5.88. The Kier molecular flexibility index (Phi) is 8.50. The van der Waals surface area contributed by atoms with E-state index in [4.69, 9.17) is 16.3 Å². The van der Waals surface area contributed by atoms with Crippen LogP contribution in [0, 0.1) is 13.8 Å². The van der Waals surface area contributed by atoms with E-state index in [1.165, 1.54) is 18.7 Å². The fraction of sp³-hybridized carbons (Fsp3) is 0.520. The van der Waals surface area contributed by atoms with E-state index >= 15 is 0 Å². The van der Waals surface area contributed by atoms with E-state index in [0.717, 1.165) is 0 Å². The van der Waals surface area contributed by atoms with Gasteiger partial charge in [0.2, 0.25) is 5.82 Å². The summed E-state index contributed by atoms with van der Waals surface area (Å²) in [5.74, 6) is -4.04. The number of aromatic nitrogens is 2. The van der Waals surface area contributed by atoms with Gasteiger partial charge in [-0.05, 0) is 51.0 Å². The predicted molar refractivity (Wildman–Crippen MR) is 132 cm³/mol. The van der Waals surface area contributed by atoms with Crippen LogP contribution in [0.3, 0.4) is 0 Å². The zero-order valence-corrected chi connectivity index (χ0v) is 22.2. The second-order valence-electron chi connectivity index (χ2n) is 9.77. The summed E-state index contributed by atoms with van der Waals surface area (Å²) in [6, 6.07) is 5.36. The van der Waals surface area contributed by atoms with Crippen molar-refractivity contribution < 1.29 is 40.7 Å². The van der Waals surface area contributed by atoms with Crippen LogP contribution in [0.2, 0.25) is 5.02 Å². The first-order chi connectivity index (χ1) is 18.6. The average molecular weight is 594 g/mol. The van der Waals surface area contributed by atoms with Gasteiger partial charge in [-0.2, -0.15) is 26.3 Å². The van der Waals surface area contributed by atoms with Crippen LogP contribution in [0.4, 0.5) is 32.2 Å². The molecule has 0 unspecified atom stereocenters. The number of hydrogen-bond acceptors (Lipinski definition) is 7. The van der Waals surface area contributed by atoms with Gasteiger partial charge in [0.25, 0.3) is 5.91 Å². The maximum absolute atomic E-state index is 13.4. The number of alkyl halides is 6. The highest BCUT2D eigenvalue weighted by Gasteiger charge is 2.46. The van der Waals surface area contributed by atoms with Gasteiger partial charge in [-0.15, -0.1) is 0 Å². The lowest BCUT2D eigenvalue weighted by Gasteiger charge is -2.34. The van der Waals surface area contributed by atoms with E-state index in [1.807, 2.05) is 0 Å². The number of hydrogen-bond donors (Lipinski definition) is 1. The number of esters is 1. The van der Waals surface area contributed by atoms with Gasteiger partial charge >= 0.3 is 18.3 Å². The number of likely N-dealkylation sites (tertiary alicyclic amines) is 1. The van der Waals surface area contributed by atoms with Crippen LogP contribution in [-0.4, -0.2) is 77.3 Å². The van der Waals surface area contributed by atoms with Gasteiger partial charge in [-0.1, -0.05) is 11.6 Å². The third-order valence-corrected chi connectivity index (χ3v) is 7.25. The van der Waals surface area contributed by atoms with Gasteiger partial charge < -0.3 is 19.9 Å². The Bertz CT molecular complexity index is 1250. The lowest BCUT2D eigenvalue weighted by atomic mass is 10.0. The van der Waals surface area contributed by atoms with Crippen molar-refractivity contribution in [2.75, 3.05) is 31.1 Å². The highest BCUT2D eigenvalue weighted by molar-refractivity contribution is 6.30. The second-order valence-corrected chi connectivity index (χ2v) is 10.2. The van der Waals surface area contributed by atoms with Crippen LogP contribution < -0.4 is 10.2 Å². The van der Waals surface area contributed by atoms with E-state index < -0.39 is 36.3 Å². The Morgan fingerprint density at radius 1 is 1.00 bits per heavy atom. The van der Waals surface area contributed by atoms with Gasteiger partial charge in [0, 0.05) is 47.5 Å². The molecule has 0 saturated carbocycles. The molecule has 0 radical (unpaired) electrons. The molecule has 2 aliphatic heterocycles. The van der Waals surface area contributed by atoms with E-state index in [1.54, 1.807) is 29.2 Å². The number of benzene rings is 1. The van der Waals surface area contributed by atoms with Crippen molar-refractivity contribution in [1.29, 1.82) is 0 Å². The Morgan fingerprint density at radius 3 is 2.20 bits per heavy atom. The van der Waals surface area contributed by atoms with Crippen molar-refractivity contribution in [3.63, 3.8) is 0 Å². The molecule has 40 heavy (non-hydrogen) atoms. The molecule has 15 heteroatoms. The van der Waals surface area contributed by atoms with Crippen LogP contribution in [-0.2, 0) is 15.7 Å². The molecule has 1 aromatic heterocycles. The lowest BCUT2D eigenvalue weighted by Crippen LogP contribution is -2.52. The number of nitrogens with one attached hydrogen (secondary N) is 1. The highest BCUT2D eigenvalue weighted by Crippen LogP contribution is 2.32. The molecule has 1 N–H and O–H groups in total. The first-order valence-electron chi connectivity index (χ1n) is 12.4. The molecule has 2 saturated heterocycles. The van der Waals surface area contributed by atoms with E-state index in [9.17, 15) is 35.9 Å². The van der Waals surface area contributed by atoms with Gasteiger partial charge in [0.15, 0.2) is 0 Å². The van der Waals surface area contributed by atoms with Crippen LogP contribution in [0.25, 0.3) is 0 Å². The van der Waals surface area contributed by atoms with Crippen molar-refractivity contribution in [2.24, 2.45) is 0 Å². The summed E-state index contributed by atoms with van der Waals surface area (Å²) in [5.41, 5.74) is 0.856. The van der Waals surface area contributed by atoms with Crippen molar-refractivity contribution in [3.05, 3.63) is 51.9 Å². The first-order valence-corrected chi connectivity index (χ1v) is 12.8. The molecule has 0 bridgehead atoms. The maximum atomic E-state index is 13.4. The number of anilines is 1. The second kappa shape index (κ2) is 11.4. The van der Waals surface area contributed by atoms with Crippen LogP contribution >= 0.6 is 11.6 Å². The number of nitrogens with zero attached hydrogens (tertiary/aromatic N) is 4. The molecule has 218 valence electrons. The molecule has 2 aliphatic rings. The fourth-order valence-electron chi connectivity index (χ4n) is 4.81. The molecule has 4 rings (SSSR count). The summed E-state index contributed by atoms with van der Waals surface area (Å²) < 4.78 is 83.8. The number of rotatable bonds is 5. The van der Waals surface area contributed by atoms with E-state index in [2.05, 4.69) is 15.3 Å². The third kappa shape index (κ3) is 6.77. The maximum Gasteiger partial charge on any atom is 0.490 e. The smallest absolute Gasteiger partial charge is 0.452 e. The Balaban J connectivity index is 1.48. The molecule has 8 nitrogen and oxygen atoms in total. The van der Waals surface area contributed by atoms with Gasteiger partial charge in [0.05, 0.1) is 12.6 Å². The van der Waals surface area contributed by atoms with Crippen molar-refractivity contribution in [1.82, 2.24) is 20.2 Å². The molecule has 2 aromatic rings. The Hall–Kier alpha value is -3.13. The molecule has 1 amide bonds.